The van der Waals surface area contributed by atoms with Crippen molar-refractivity contribution >= 4 is 46.2 Å². The zero-order chi connectivity index (χ0) is 16.6. The van der Waals surface area contributed by atoms with Crippen LogP contribution in [0.5, 0.6) is 0 Å². The van der Waals surface area contributed by atoms with Gasteiger partial charge in [0.05, 0.1) is 10.0 Å². The number of anilines is 1. The van der Waals surface area contributed by atoms with Crippen molar-refractivity contribution in [1.29, 1.82) is 0 Å². The molecule has 6 heteroatoms. The maximum Gasteiger partial charge on any atom is 0.170 e. The molecule has 3 nitrogen and oxygen atoms in total. The first kappa shape index (κ1) is 19.5. The van der Waals surface area contributed by atoms with Crippen molar-refractivity contribution in [2.45, 2.75) is 51.5 Å². The van der Waals surface area contributed by atoms with Gasteiger partial charge in [0.1, 0.15) is 0 Å². The number of hydrogen-bond donors (Lipinski definition) is 3. The van der Waals surface area contributed by atoms with Crippen molar-refractivity contribution in [1.82, 2.24) is 5.32 Å². The van der Waals surface area contributed by atoms with Crippen LogP contribution >= 0.6 is 35.4 Å². The number of unbranched alkanes of at least 4 members (excludes halogenated alkanes) is 2. The highest BCUT2D eigenvalue weighted by Gasteiger charge is 2.17. The third-order valence-corrected chi connectivity index (χ3v) is 4.50. The van der Waals surface area contributed by atoms with Gasteiger partial charge in [-0.1, -0.05) is 49.4 Å². The summed E-state index contributed by atoms with van der Waals surface area (Å²) in [5, 5.41) is 7.84. The fraction of sp³-hybridized carbons (Fsp3) is 0.562. The Hall–Kier alpha value is -0.550. The minimum absolute atomic E-state index is 0.151. The van der Waals surface area contributed by atoms with Gasteiger partial charge in [-0.05, 0) is 50.2 Å². The molecule has 124 valence electrons. The Labute approximate surface area is 148 Å². The largest absolute Gasteiger partial charge is 0.362 e. The first-order valence-corrected chi connectivity index (χ1v) is 8.79. The van der Waals surface area contributed by atoms with E-state index in [0.29, 0.717) is 15.2 Å². The molecular formula is C16H25Cl2N3S. The van der Waals surface area contributed by atoms with Gasteiger partial charge in [-0.15, -0.1) is 0 Å². The Bertz CT molecular complexity index is 492. The molecule has 0 saturated carbocycles. The van der Waals surface area contributed by atoms with Crippen molar-refractivity contribution in [3.63, 3.8) is 0 Å². The average Bonchev–Trinajstić information content (AvgIpc) is 2.43. The predicted octanol–water partition coefficient (Wildman–Crippen LogP) is 4.97. The Balaban J connectivity index is 2.32. The summed E-state index contributed by atoms with van der Waals surface area (Å²) in [6, 6.07) is 5.31. The van der Waals surface area contributed by atoms with Gasteiger partial charge < -0.3 is 16.4 Å². The summed E-state index contributed by atoms with van der Waals surface area (Å²) in [6.45, 7) is 5.04. The molecule has 1 rings (SSSR count). The Morgan fingerprint density at radius 3 is 2.59 bits per heavy atom. The molecule has 1 aromatic carbocycles. The molecule has 0 spiro atoms. The molecule has 0 aromatic heterocycles. The van der Waals surface area contributed by atoms with Crippen LogP contribution in [0.1, 0.15) is 46.0 Å². The zero-order valence-corrected chi connectivity index (χ0v) is 15.5. The smallest absolute Gasteiger partial charge is 0.170 e. The molecule has 22 heavy (non-hydrogen) atoms. The molecule has 0 aliphatic carbocycles. The number of thiocarbonyl (C=S) groups is 1. The molecule has 0 fully saturated rings. The van der Waals surface area contributed by atoms with Crippen molar-refractivity contribution in [2.24, 2.45) is 5.73 Å². The minimum Gasteiger partial charge on any atom is -0.362 e. The fourth-order valence-electron chi connectivity index (χ4n) is 2.11. The van der Waals surface area contributed by atoms with E-state index < -0.39 is 0 Å². The Kier molecular flexibility index (Phi) is 8.47. The highest BCUT2D eigenvalue weighted by Crippen LogP contribution is 2.24. The number of rotatable bonds is 8. The molecular weight excluding hydrogens is 337 g/mol. The highest BCUT2D eigenvalue weighted by molar-refractivity contribution is 7.80. The molecule has 0 saturated heterocycles. The third-order valence-electron chi connectivity index (χ3n) is 3.51. The van der Waals surface area contributed by atoms with Gasteiger partial charge in [0, 0.05) is 17.8 Å². The van der Waals surface area contributed by atoms with Gasteiger partial charge >= 0.3 is 0 Å². The number of nitrogens with one attached hydrogen (secondary N) is 2. The van der Waals surface area contributed by atoms with Crippen molar-refractivity contribution in [3.8, 4) is 0 Å². The molecule has 0 heterocycles. The summed E-state index contributed by atoms with van der Waals surface area (Å²) in [5.41, 5.74) is 6.96. The quantitative estimate of drug-likeness (QED) is 0.452. The van der Waals surface area contributed by atoms with Gasteiger partial charge in [0.15, 0.2) is 5.11 Å². The van der Waals surface area contributed by atoms with Crippen LogP contribution in [0.2, 0.25) is 10.0 Å². The van der Waals surface area contributed by atoms with Crippen LogP contribution in [-0.4, -0.2) is 17.2 Å². The van der Waals surface area contributed by atoms with Crippen molar-refractivity contribution in [2.75, 3.05) is 11.9 Å². The lowest BCUT2D eigenvalue weighted by Crippen LogP contribution is -2.41. The second kappa shape index (κ2) is 9.56. The molecule has 0 radical (unpaired) electrons. The molecule has 0 aliphatic heterocycles. The van der Waals surface area contributed by atoms with Gasteiger partial charge in [0.2, 0.25) is 0 Å². The lowest BCUT2D eigenvalue weighted by atomic mass is 9.92. The standard InChI is InChI=1S/C16H25Cl2N3S/c1-3-4-5-8-16(2,19)9-10-20-15(22)21-12-6-7-13(17)14(18)11-12/h6-7,11H,3-5,8-10,19H2,1-2H3,(H2,20,21,22). The zero-order valence-electron chi connectivity index (χ0n) is 13.2. The van der Waals surface area contributed by atoms with E-state index in [1.807, 2.05) is 6.07 Å². The molecule has 4 N–H and O–H groups in total. The average molecular weight is 362 g/mol. The van der Waals surface area contributed by atoms with Crippen molar-refractivity contribution < 1.29 is 0 Å². The normalized spacial score (nSPS) is 13.5. The van der Waals surface area contributed by atoms with Gasteiger partial charge in [0.25, 0.3) is 0 Å². The second-order valence-corrected chi connectivity index (χ2v) is 7.09. The maximum atomic E-state index is 6.30. The highest BCUT2D eigenvalue weighted by atomic mass is 35.5. The SMILES string of the molecule is CCCCCC(C)(N)CCNC(=S)Nc1ccc(Cl)c(Cl)c1. The predicted molar refractivity (Wildman–Crippen MR) is 102 cm³/mol. The fourth-order valence-corrected chi connectivity index (χ4v) is 2.63. The topological polar surface area (TPSA) is 50.1 Å². The summed E-state index contributed by atoms with van der Waals surface area (Å²) < 4.78 is 0. The maximum absolute atomic E-state index is 6.30. The van der Waals surface area contributed by atoms with E-state index in [-0.39, 0.29) is 5.54 Å². The van der Waals surface area contributed by atoms with Crippen LogP contribution in [0, 0.1) is 0 Å². The number of nitrogens with two attached hydrogens (primary N) is 1. The second-order valence-electron chi connectivity index (χ2n) is 5.87. The molecule has 1 aromatic rings. The van der Waals surface area contributed by atoms with Gasteiger partial charge in [-0.25, -0.2) is 0 Å². The van der Waals surface area contributed by atoms with E-state index in [1.54, 1.807) is 12.1 Å². The molecule has 0 aliphatic rings. The van der Waals surface area contributed by atoms with Crippen LogP contribution < -0.4 is 16.4 Å². The monoisotopic (exact) mass is 361 g/mol. The lowest BCUT2D eigenvalue weighted by molar-refractivity contribution is 0.384. The van der Waals surface area contributed by atoms with Gasteiger partial charge in [-0.2, -0.15) is 0 Å². The van der Waals surface area contributed by atoms with E-state index in [0.717, 1.165) is 25.1 Å². The lowest BCUT2D eigenvalue weighted by Gasteiger charge is -2.25. The van der Waals surface area contributed by atoms with Crippen LogP contribution in [0.25, 0.3) is 0 Å². The number of benzene rings is 1. The number of halogens is 2. The van der Waals surface area contributed by atoms with E-state index in [2.05, 4.69) is 24.5 Å². The van der Waals surface area contributed by atoms with Crippen LogP contribution in [-0.2, 0) is 0 Å². The summed E-state index contributed by atoms with van der Waals surface area (Å²) >= 11 is 17.1. The molecule has 0 amide bonds. The van der Waals surface area contributed by atoms with E-state index in [1.165, 1.54) is 19.3 Å². The van der Waals surface area contributed by atoms with Gasteiger partial charge in [-0.3, -0.25) is 0 Å². The van der Waals surface area contributed by atoms with E-state index >= 15 is 0 Å². The molecule has 1 atom stereocenters. The summed E-state index contributed by atoms with van der Waals surface area (Å²) in [7, 11) is 0. The summed E-state index contributed by atoms with van der Waals surface area (Å²) in [6.07, 6.45) is 5.54. The third kappa shape index (κ3) is 7.63. The minimum atomic E-state index is -0.151. The summed E-state index contributed by atoms with van der Waals surface area (Å²) in [5.74, 6) is 0. The number of hydrogen-bond acceptors (Lipinski definition) is 2. The van der Waals surface area contributed by atoms with E-state index in [9.17, 15) is 0 Å². The van der Waals surface area contributed by atoms with E-state index in [4.69, 9.17) is 41.2 Å². The Morgan fingerprint density at radius 1 is 1.23 bits per heavy atom. The van der Waals surface area contributed by atoms with Crippen molar-refractivity contribution in [3.05, 3.63) is 28.2 Å². The summed E-state index contributed by atoms with van der Waals surface area (Å²) in [4.78, 5) is 0. The molecule has 0 bridgehead atoms. The first-order valence-electron chi connectivity index (χ1n) is 7.63. The van der Waals surface area contributed by atoms with Crippen LogP contribution in [0.3, 0.4) is 0 Å². The Morgan fingerprint density at radius 2 is 1.95 bits per heavy atom. The first-order chi connectivity index (χ1) is 10.3. The van der Waals surface area contributed by atoms with Crippen LogP contribution in [0.15, 0.2) is 18.2 Å². The van der Waals surface area contributed by atoms with Crippen LogP contribution in [0.4, 0.5) is 5.69 Å². The molecule has 1 unspecified atom stereocenters.